The van der Waals surface area contributed by atoms with Gasteiger partial charge in [-0.15, -0.1) is 3.89 Å². The molecule has 2 rings (SSSR count). The maximum absolute atomic E-state index is 12.6. The van der Waals surface area contributed by atoms with E-state index in [2.05, 4.69) is 17.2 Å². The third-order valence-electron chi connectivity index (χ3n) is 3.37. The molecule has 0 saturated heterocycles. The topological polar surface area (TPSA) is 59.1 Å². The van der Waals surface area contributed by atoms with Gasteiger partial charge in [0.2, 0.25) is 0 Å². The van der Waals surface area contributed by atoms with E-state index >= 15 is 0 Å². The summed E-state index contributed by atoms with van der Waals surface area (Å²) in [5.74, 6) is 0.581. The molecule has 6 heteroatoms. The predicted octanol–water partition coefficient (Wildman–Crippen LogP) is 2.34. The number of nitrogens with zero attached hydrogens (tertiary/aromatic N) is 1. The van der Waals surface area contributed by atoms with E-state index in [1.807, 2.05) is 0 Å². The maximum Gasteiger partial charge on any atom is 0.333 e. The Morgan fingerprint density at radius 3 is 2.59 bits per heavy atom. The standard InChI is InChI=1S/C11H15FN2O2S/c1-2-11(5-6-11)8-14-10-4-3-9(7-13-10)17(12,15)16/h3-4,7H,2,5-6,8H2,1H3,(H,13,14). The van der Waals surface area contributed by atoms with Crippen molar-refractivity contribution in [3.8, 4) is 0 Å². The molecule has 0 amide bonds. The Morgan fingerprint density at radius 2 is 2.18 bits per heavy atom. The van der Waals surface area contributed by atoms with Crippen molar-refractivity contribution in [3.63, 3.8) is 0 Å². The summed E-state index contributed by atoms with van der Waals surface area (Å²) >= 11 is 0. The van der Waals surface area contributed by atoms with Crippen molar-refractivity contribution in [2.75, 3.05) is 11.9 Å². The van der Waals surface area contributed by atoms with Crippen molar-refractivity contribution >= 4 is 16.0 Å². The van der Waals surface area contributed by atoms with Gasteiger partial charge in [0, 0.05) is 6.54 Å². The third-order valence-corrected chi connectivity index (χ3v) is 4.17. The third kappa shape index (κ3) is 2.94. The number of hydrogen-bond acceptors (Lipinski definition) is 4. The number of pyridine rings is 1. The zero-order valence-corrected chi connectivity index (χ0v) is 10.4. The van der Waals surface area contributed by atoms with Crippen LogP contribution in [-0.2, 0) is 10.2 Å². The van der Waals surface area contributed by atoms with Crippen LogP contribution in [0.25, 0.3) is 0 Å². The second kappa shape index (κ2) is 4.25. The highest BCUT2D eigenvalue weighted by Crippen LogP contribution is 2.48. The Labute approximate surface area is 100 Å². The van der Waals surface area contributed by atoms with Crippen LogP contribution >= 0.6 is 0 Å². The second-order valence-corrected chi connectivity index (χ2v) is 5.87. The fourth-order valence-corrected chi connectivity index (χ4v) is 2.15. The van der Waals surface area contributed by atoms with Crippen molar-refractivity contribution < 1.29 is 12.3 Å². The minimum absolute atomic E-state index is 0.381. The van der Waals surface area contributed by atoms with Gasteiger partial charge in [-0.25, -0.2) is 4.98 Å². The number of halogens is 1. The van der Waals surface area contributed by atoms with E-state index in [0.717, 1.165) is 19.2 Å². The molecule has 1 N–H and O–H groups in total. The summed E-state index contributed by atoms with van der Waals surface area (Å²) in [6, 6.07) is 2.70. The smallest absolute Gasteiger partial charge is 0.333 e. The van der Waals surface area contributed by atoms with Crippen LogP contribution in [0.15, 0.2) is 23.2 Å². The van der Waals surface area contributed by atoms with E-state index in [9.17, 15) is 12.3 Å². The molecule has 1 aliphatic rings. The first-order valence-electron chi connectivity index (χ1n) is 5.60. The first-order valence-corrected chi connectivity index (χ1v) is 6.98. The van der Waals surface area contributed by atoms with Gasteiger partial charge in [0.25, 0.3) is 0 Å². The van der Waals surface area contributed by atoms with E-state index in [1.54, 1.807) is 0 Å². The van der Waals surface area contributed by atoms with Gasteiger partial charge in [0.15, 0.2) is 0 Å². The Morgan fingerprint density at radius 1 is 1.47 bits per heavy atom. The van der Waals surface area contributed by atoms with Crippen LogP contribution in [0.3, 0.4) is 0 Å². The SMILES string of the molecule is CCC1(CNc2ccc(S(=O)(=O)F)cn2)CC1. The molecule has 94 valence electrons. The molecule has 1 aromatic rings. The van der Waals surface area contributed by atoms with Crippen molar-refractivity contribution in [3.05, 3.63) is 18.3 Å². The van der Waals surface area contributed by atoms with Crippen molar-refractivity contribution in [1.29, 1.82) is 0 Å². The molecule has 4 nitrogen and oxygen atoms in total. The largest absolute Gasteiger partial charge is 0.370 e. The number of hydrogen-bond donors (Lipinski definition) is 1. The Bertz CT molecular complexity index is 495. The average Bonchev–Trinajstić information content (AvgIpc) is 3.06. The van der Waals surface area contributed by atoms with Gasteiger partial charge in [-0.2, -0.15) is 8.42 Å². The molecule has 0 unspecified atom stereocenters. The van der Waals surface area contributed by atoms with Gasteiger partial charge in [-0.3, -0.25) is 0 Å². The van der Waals surface area contributed by atoms with Crippen molar-refractivity contribution in [2.24, 2.45) is 5.41 Å². The number of aromatic nitrogens is 1. The summed E-state index contributed by atoms with van der Waals surface area (Å²) < 4.78 is 33.8. The van der Waals surface area contributed by atoms with E-state index in [-0.39, 0.29) is 0 Å². The molecule has 1 heterocycles. The van der Waals surface area contributed by atoms with Crippen molar-refractivity contribution in [2.45, 2.75) is 31.1 Å². The van der Waals surface area contributed by atoms with E-state index in [0.29, 0.717) is 11.2 Å². The van der Waals surface area contributed by atoms with Crippen LogP contribution in [0.1, 0.15) is 26.2 Å². The fourth-order valence-electron chi connectivity index (χ4n) is 1.74. The summed E-state index contributed by atoms with van der Waals surface area (Å²) in [6.07, 6.45) is 4.58. The molecule has 17 heavy (non-hydrogen) atoms. The Hall–Kier alpha value is -1.17. The van der Waals surface area contributed by atoms with Crippen LogP contribution in [0, 0.1) is 5.41 Å². The summed E-state index contributed by atoms with van der Waals surface area (Å²) in [6.45, 7) is 2.99. The molecule has 0 atom stereocenters. The normalized spacial score (nSPS) is 17.8. The van der Waals surface area contributed by atoms with Crippen molar-refractivity contribution in [1.82, 2.24) is 4.98 Å². The highest BCUT2D eigenvalue weighted by Gasteiger charge is 2.40. The van der Waals surface area contributed by atoms with Crippen LogP contribution in [0.5, 0.6) is 0 Å². The van der Waals surface area contributed by atoms with E-state index in [4.69, 9.17) is 0 Å². The van der Waals surface area contributed by atoms with E-state index in [1.165, 1.54) is 25.0 Å². The minimum Gasteiger partial charge on any atom is -0.370 e. The fraction of sp³-hybridized carbons (Fsp3) is 0.545. The number of rotatable bonds is 5. The average molecular weight is 258 g/mol. The lowest BCUT2D eigenvalue weighted by molar-refractivity contribution is 0.520. The molecular weight excluding hydrogens is 243 g/mol. The lowest BCUT2D eigenvalue weighted by atomic mass is 10.0. The van der Waals surface area contributed by atoms with Gasteiger partial charge >= 0.3 is 10.2 Å². The van der Waals surface area contributed by atoms with Crippen LogP contribution in [0.2, 0.25) is 0 Å². The molecule has 1 aromatic heterocycles. The summed E-state index contributed by atoms with van der Waals surface area (Å²) in [5.41, 5.74) is 0.381. The molecule has 0 bridgehead atoms. The first kappa shape index (κ1) is 12.3. The van der Waals surface area contributed by atoms with Gasteiger partial charge < -0.3 is 5.32 Å². The van der Waals surface area contributed by atoms with Crippen LogP contribution < -0.4 is 5.32 Å². The molecule has 1 aliphatic carbocycles. The summed E-state index contributed by atoms with van der Waals surface area (Å²) in [7, 11) is -4.65. The molecular formula is C11H15FN2O2S. The van der Waals surface area contributed by atoms with Gasteiger partial charge in [-0.1, -0.05) is 6.92 Å². The Balaban J connectivity index is 1.99. The molecule has 1 fully saturated rings. The van der Waals surface area contributed by atoms with Gasteiger partial charge in [0.05, 0.1) is 6.20 Å². The van der Waals surface area contributed by atoms with Gasteiger partial charge in [-0.05, 0) is 36.8 Å². The summed E-state index contributed by atoms with van der Waals surface area (Å²) in [4.78, 5) is 3.48. The lowest BCUT2D eigenvalue weighted by Crippen LogP contribution is -2.15. The van der Waals surface area contributed by atoms with Crippen LogP contribution in [-0.4, -0.2) is 19.9 Å². The molecule has 0 aliphatic heterocycles. The monoisotopic (exact) mass is 258 g/mol. The molecule has 0 aromatic carbocycles. The maximum atomic E-state index is 12.6. The van der Waals surface area contributed by atoms with E-state index < -0.39 is 15.1 Å². The van der Waals surface area contributed by atoms with Gasteiger partial charge in [0.1, 0.15) is 10.7 Å². The predicted molar refractivity (Wildman–Crippen MR) is 63.0 cm³/mol. The lowest BCUT2D eigenvalue weighted by Gasteiger charge is -2.13. The minimum atomic E-state index is -4.65. The second-order valence-electron chi connectivity index (χ2n) is 4.52. The van der Waals surface area contributed by atoms with Crippen LogP contribution in [0.4, 0.5) is 9.70 Å². The summed E-state index contributed by atoms with van der Waals surface area (Å²) in [5, 5.41) is 3.15. The highest BCUT2D eigenvalue weighted by molar-refractivity contribution is 7.86. The molecule has 0 spiro atoms. The zero-order chi connectivity index (χ0) is 12.5. The number of nitrogens with one attached hydrogen (secondary N) is 1. The molecule has 0 radical (unpaired) electrons. The Kier molecular flexibility index (Phi) is 3.07. The quantitative estimate of drug-likeness (QED) is 0.823. The molecule has 1 saturated carbocycles. The number of anilines is 1. The first-order chi connectivity index (χ1) is 7.95. The highest BCUT2D eigenvalue weighted by atomic mass is 32.3. The zero-order valence-electron chi connectivity index (χ0n) is 9.61.